The zero-order chi connectivity index (χ0) is 12.7. The van der Waals surface area contributed by atoms with Crippen LogP contribution >= 0.6 is 0 Å². The molecule has 5 nitrogen and oxygen atoms in total. The van der Waals surface area contributed by atoms with Crippen molar-refractivity contribution >= 4 is 0 Å². The number of hydrogen-bond acceptors (Lipinski definition) is 5. The number of methoxy groups -OCH3 is 2. The second-order valence-corrected chi connectivity index (χ2v) is 4.11. The number of hydrazine groups is 1. The Morgan fingerprint density at radius 1 is 1.47 bits per heavy atom. The van der Waals surface area contributed by atoms with E-state index in [0.29, 0.717) is 12.5 Å². The van der Waals surface area contributed by atoms with Crippen molar-refractivity contribution in [1.82, 2.24) is 10.4 Å². The third kappa shape index (κ3) is 3.96. The first-order valence-electron chi connectivity index (χ1n) is 5.66. The van der Waals surface area contributed by atoms with Crippen LogP contribution in [0.5, 0.6) is 5.75 Å². The van der Waals surface area contributed by atoms with Crippen LogP contribution in [0.15, 0.2) is 18.3 Å². The molecule has 1 aromatic heterocycles. The lowest BCUT2D eigenvalue weighted by Crippen LogP contribution is -2.31. The van der Waals surface area contributed by atoms with Gasteiger partial charge in [0, 0.05) is 19.9 Å². The maximum atomic E-state index is 5.59. The Balaban J connectivity index is 2.78. The van der Waals surface area contributed by atoms with Gasteiger partial charge < -0.3 is 9.47 Å². The highest BCUT2D eigenvalue weighted by atomic mass is 16.5. The van der Waals surface area contributed by atoms with Gasteiger partial charge in [0.1, 0.15) is 11.4 Å². The Kier molecular flexibility index (Phi) is 5.90. The largest absolute Gasteiger partial charge is 0.495 e. The highest BCUT2D eigenvalue weighted by Crippen LogP contribution is 2.26. The summed E-state index contributed by atoms with van der Waals surface area (Å²) in [5.41, 5.74) is 3.62. The van der Waals surface area contributed by atoms with E-state index >= 15 is 0 Å². The van der Waals surface area contributed by atoms with Crippen LogP contribution in [0.1, 0.15) is 25.1 Å². The second kappa shape index (κ2) is 7.21. The van der Waals surface area contributed by atoms with Crippen molar-refractivity contribution in [2.45, 2.75) is 19.4 Å². The standard InChI is InChI=1S/C12H21N3O2/c1-9(8-16-2)7-10(15-13)12-11(17-3)5-4-6-14-12/h4-6,9-10,15H,7-8,13H2,1-3H3. The van der Waals surface area contributed by atoms with Crippen molar-refractivity contribution in [3.63, 3.8) is 0 Å². The van der Waals surface area contributed by atoms with Crippen molar-refractivity contribution in [2.24, 2.45) is 11.8 Å². The van der Waals surface area contributed by atoms with Gasteiger partial charge in [0.25, 0.3) is 0 Å². The van der Waals surface area contributed by atoms with Crippen molar-refractivity contribution in [3.05, 3.63) is 24.0 Å². The highest BCUT2D eigenvalue weighted by Gasteiger charge is 2.18. The van der Waals surface area contributed by atoms with Crippen LogP contribution in [0.25, 0.3) is 0 Å². The third-order valence-electron chi connectivity index (χ3n) is 2.64. The molecule has 1 rings (SSSR count). The third-order valence-corrected chi connectivity index (χ3v) is 2.64. The molecule has 96 valence electrons. The Bertz CT molecular complexity index is 333. The van der Waals surface area contributed by atoms with Crippen LogP contribution in [0, 0.1) is 5.92 Å². The summed E-state index contributed by atoms with van der Waals surface area (Å²) in [6.07, 6.45) is 2.58. The van der Waals surface area contributed by atoms with E-state index in [4.69, 9.17) is 15.3 Å². The minimum atomic E-state index is -0.0312. The first-order chi connectivity index (χ1) is 8.22. The average molecular weight is 239 g/mol. The summed E-state index contributed by atoms with van der Waals surface area (Å²) in [5.74, 6) is 6.73. The van der Waals surface area contributed by atoms with Gasteiger partial charge in [-0.05, 0) is 24.5 Å². The maximum Gasteiger partial charge on any atom is 0.142 e. The molecule has 0 saturated carbocycles. The lowest BCUT2D eigenvalue weighted by Gasteiger charge is -2.21. The van der Waals surface area contributed by atoms with Crippen LogP contribution in [0.2, 0.25) is 0 Å². The Labute approximate surface area is 102 Å². The summed E-state index contributed by atoms with van der Waals surface area (Å²) in [7, 11) is 3.33. The molecule has 0 aromatic carbocycles. The Morgan fingerprint density at radius 3 is 2.82 bits per heavy atom. The molecule has 5 heteroatoms. The number of nitrogens with one attached hydrogen (secondary N) is 1. The Hall–Kier alpha value is -1.17. The fraction of sp³-hybridized carbons (Fsp3) is 0.583. The van der Waals surface area contributed by atoms with E-state index in [2.05, 4.69) is 17.3 Å². The van der Waals surface area contributed by atoms with E-state index in [9.17, 15) is 0 Å². The van der Waals surface area contributed by atoms with Gasteiger partial charge in [0.15, 0.2) is 0 Å². The van der Waals surface area contributed by atoms with Crippen molar-refractivity contribution in [3.8, 4) is 5.75 Å². The topological polar surface area (TPSA) is 69.4 Å². The monoisotopic (exact) mass is 239 g/mol. The van der Waals surface area contributed by atoms with Crippen molar-refractivity contribution in [2.75, 3.05) is 20.8 Å². The molecule has 0 bridgehead atoms. The lowest BCUT2D eigenvalue weighted by molar-refractivity contribution is 0.148. The molecule has 1 heterocycles. The van der Waals surface area contributed by atoms with Crippen LogP contribution in [0.3, 0.4) is 0 Å². The van der Waals surface area contributed by atoms with E-state index in [0.717, 1.165) is 17.9 Å². The fourth-order valence-electron chi connectivity index (χ4n) is 1.85. The van der Waals surface area contributed by atoms with E-state index in [1.807, 2.05) is 12.1 Å². The number of hydrogen-bond donors (Lipinski definition) is 2. The first kappa shape index (κ1) is 13.9. The molecule has 0 fully saturated rings. The quantitative estimate of drug-likeness (QED) is 0.554. The van der Waals surface area contributed by atoms with Crippen LogP contribution in [0.4, 0.5) is 0 Å². The van der Waals surface area contributed by atoms with Gasteiger partial charge in [-0.3, -0.25) is 16.3 Å². The maximum absolute atomic E-state index is 5.59. The smallest absolute Gasteiger partial charge is 0.142 e. The zero-order valence-electron chi connectivity index (χ0n) is 10.6. The molecule has 0 spiro atoms. The van der Waals surface area contributed by atoms with Gasteiger partial charge in [-0.2, -0.15) is 0 Å². The molecule has 0 aliphatic carbocycles. The van der Waals surface area contributed by atoms with Gasteiger partial charge in [-0.15, -0.1) is 0 Å². The summed E-state index contributed by atoms with van der Waals surface area (Å²) in [5, 5.41) is 0. The van der Waals surface area contributed by atoms with E-state index in [1.165, 1.54) is 0 Å². The van der Waals surface area contributed by atoms with Gasteiger partial charge in [0.05, 0.1) is 13.2 Å². The van der Waals surface area contributed by atoms with Gasteiger partial charge >= 0.3 is 0 Å². The Morgan fingerprint density at radius 2 is 2.24 bits per heavy atom. The summed E-state index contributed by atoms with van der Waals surface area (Å²) < 4.78 is 10.4. The molecule has 0 aliphatic rings. The highest BCUT2D eigenvalue weighted by molar-refractivity contribution is 5.29. The molecule has 0 radical (unpaired) electrons. The predicted molar refractivity (Wildman–Crippen MR) is 66.5 cm³/mol. The number of rotatable bonds is 7. The lowest BCUT2D eigenvalue weighted by atomic mass is 9.99. The average Bonchev–Trinajstić information content (AvgIpc) is 2.36. The number of nitrogens with two attached hydrogens (primary N) is 1. The number of pyridine rings is 1. The van der Waals surface area contributed by atoms with Crippen LogP contribution in [-0.2, 0) is 4.74 Å². The zero-order valence-corrected chi connectivity index (χ0v) is 10.6. The summed E-state index contributed by atoms with van der Waals surface area (Å²) in [6, 6.07) is 3.69. The fourth-order valence-corrected chi connectivity index (χ4v) is 1.85. The van der Waals surface area contributed by atoms with Crippen LogP contribution in [-0.4, -0.2) is 25.8 Å². The van der Waals surface area contributed by atoms with Crippen LogP contribution < -0.4 is 16.0 Å². The number of aromatic nitrogens is 1. The van der Waals surface area contributed by atoms with Gasteiger partial charge in [-0.25, -0.2) is 0 Å². The summed E-state index contributed by atoms with van der Waals surface area (Å²) >= 11 is 0. The molecule has 2 unspecified atom stereocenters. The molecule has 17 heavy (non-hydrogen) atoms. The SMILES string of the molecule is COCC(C)CC(NN)c1ncccc1OC. The molecule has 2 atom stereocenters. The molecule has 0 aliphatic heterocycles. The minimum absolute atomic E-state index is 0.0312. The summed E-state index contributed by atoms with van der Waals surface area (Å²) in [4.78, 5) is 4.33. The van der Waals surface area contributed by atoms with Gasteiger partial charge in [-0.1, -0.05) is 6.92 Å². The molecule has 3 N–H and O–H groups in total. The molecular formula is C12H21N3O2. The van der Waals surface area contributed by atoms with E-state index in [1.54, 1.807) is 20.4 Å². The van der Waals surface area contributed by atoms with E-state index < -0.39 is 0 Å². The molecule has 1 aromatic rings. The van der Waals surface area contributed by atoms with E-state index in [-0.39, 0.29) is 6.04 Å². The number of ether oxygens (including phenoxy) is 2. The molecular weight excluding hydrogens is 218 g/mol. The number of nitrogens with zero attached hydrogens (tertiary/aromatic N) is 1. The normalized spacial score (nSPS) is 14.4. The minimum Gasteiger partial charge on any atom is -0.495 e. The summed E-state index contributed by atoms with van der Waals surface area (Å²) in [6.45, 7) is 2.82. The van der Waals surface area contributed by atoms with Gasteiger partial charge in [0.2, 0.25) is 0 Å². The first-order valence-corrected chi connectivity index (χ1v) is 5.66. The van der Waals surface area contributed by atoms with Crippen molar-refractivity contribution < 1.29 is 9.47 Å². The second-order valence-electron chi connectivity index (χ2n) is 4.11. The van der Waals surface area contributed by atoms with Crippen molar-refractivity contribution in [1.29, 1.82) is 0 Å². The molecule has 0 amide bonds. The predicted octanol–water partition coefficient (Wildman–Crippen LogP) is 1.27. The molecule has 0 saturated heterocycles.